The van der Waals surface area contributed by atoms with Gasteiger partial charge in [0.1, 0.15) is 23.8 Å². The highest BCUT2D eigenvalue weighted by molar-refractivity contribution is 6.30. The zero-order chi connectivity index (χ0) is 26.2. The Labute approximate surface area is 216 Å². The number of rotatable bonds is 5. The monoisotopic (exact) mass is 533 g/mol. The number of carbonyl (C=O) groups excluding carboxylic acids is 2. The van der Waals surface area contributed by atoms with E-state index < -0.39 is 47.4 Å². The van der Waals surface area contributed by atoms with Crippen LogP contribution in [0.2, 0.25) is 5.02 Å². The molecule has 37 heavy (non-hydrogen) atoms. The van der Waals surface area contributed by atoms with Crippen molar-refractivity contribution in [2.75, 3.05) is 19.8 Å². The predicted octanol–water partition coefficient (Wildman–Crippen LogP) is 2.80. The number of aromatic nitrogens is 1. The topological polar surface area (TPSA) is 103 Å². The van der Waals surface area contributed by atoms with Crippen molar-refractivity contribution in [2.24, 2.45) is 11.8 Å². The lowest BCUT2D eigenvalue weighted by atomic mass is 9.72. The number of amides is 2. The third-order valence-electron chi connectivity index (χ3n) is 8.71. The van der Waals surface area contributed by atoms with Crippen LogP contribution in [-0.2, 0) is 18.6 Å². The van der Waals surface area contributed by atoms with E-state index in [0.29, 0.717) is 23.5 Å². The number of aliphatic hydroxyl groups excluding tert-OH is 1. The molecule has 2 fully saturated rings. The second-order valence-corrected chi connectivity index (χ2v) is 10.9. The predicted molar refractivity (Wildman–Crippen MR) is 129 cm³/mol. The van der Waals surface area contributed by atoms with Gasteiger partial charge in [0.05, 0.1) is 23.2 Å². The Bertz CT molecular complexity index is 1400. The van der Waals surface area contributed by atoms with Crippen molar-refractivity contribution >= 4 is 23.4 Å². The van der Waals surface area contributed by atoms with Gasteiger partial charge in [0.2, 0.25) is 0 Å². The van der Waals surface area contributed by atoms with Crippen LogP contribution in [0.5, 0.6) is 5.75 Å². The second-order valence-electron chi connectivity index (χ2n) is 10.5. The van der Waals surface area contributed by atoms with Crippen LogP contribution in [0, 0.1) is 17.7 Å². The van der Waals surface area contributed by atoms with E-state index in [-0.39, 0.29) is 48.3 Å². The van der Waals surface area contributed by atoms with E-state index >= 15 is 0 Å². The van der Waals surface area contributed by atoms with Crippen LogP contribution in [0.25, 0.3) is 0 Å². The summed E-state index contributed by atoms with van der Waals surface area (Å²) >= 11 is 5.88. The lowest BCUT2D eigenvalue weighted by Crippen LogP contribution is -2.57. The molecule has 2 aromatic rings. The van der Waals surface area contributed by atoms with Gasteiger partial charge < -0.3 is 20.0 Å². The van der Waals surface area contributed by atoms with Gasteiger partial charge in [0, 0.05) is 24.6 Å². The second kappa shape index (κ2) is 8.52. The average Bonchev–Trinajstić information content (AvgIpc) is 3.24. The molecule has 2 saturated carbocycles. The van der Waals surface area contributed by atoms with E-state index in [4.69, 9.17) is 11.6 Å². The van der Waals surface area contributed by atoms with Gasteiger partial charge in [-0.05, 0) is 55.7 Å². The number of fused-ring (bicyclic) bond motifs is 6. The number of hydrogen-bond acceptors (Lipinski definition) is 5. The first kappa shape index (κ1) is 24.4. The van der Waals surface area contributed by atoms with Gasteiger partial charge >= 0.3 is 0 Å². The summed E-state index contributed by atoms with van der Waals surface area (Å²) in [7, 11) is 0. The van der Waals surface area contributed by atoms with Crippen molar-refractivity contribution in [1.29, 1.82) is 0 Å². The standard InChI is InChI=1S/C26H26ClF2N3O5/c27-18-9-13(1-4-19(18)29)11-30-8-6-16-20(23(30)35)22(34)25(37)32-21(16)24(36)31(12-15(33)10-28)26(32)7-5-14-2-3-17(14)26/h1,4,9,14-15,17,33-34H,2-3,5-8,10-12H2. The van der Waals surface area contributed by atoms with Gasteiger partial charge in [-0.2, -0.15) is 0 Å². The van der Waals surface area contributed by atoms with Crippen molar-refractivity contribution in [3.8, 4) is 5.75 Å². The highest BCUT2D eigenvalue weighted by atomic mass is 35.5. The molecule has 1 aromatic carbocycles. The average molecular weight is 534 g/mol. The van der Waals surface area contributed by atoms with Gasteiger partial charge in [-0.15, -0.1) is 0 Å². The summed E-state index contributed by atoms with van der Waals surface area (Å²) in [5.74, 6) is -2.19. The van der Waals surface area contributed by atoms with Crippen LogP contribution < -0.4 is 5.56 Å². The fourth-order valence-electron chi connectivity index (χ4n) is 6.94. The Balaban J connectivity index is 1.45. The maximum absolute atomic E-state index is 13.8. The first-order chi connectivity index (χ1) is 17.7. The zero-order valence-corrected chi connectivity index (χ0v) is 20.7. The first-order valence-corrected chi connectivity index (χ1v) is 12.9. The number of pyridine rings is 1. The smallest absolute Gasteiger partial charge is 0.296 e. The molecule has 2 N–H and O–H groups in total. The summed E-state index contributed by atoms with van der Waals surface area (Å²) < 4.78 is 28.2. The van der Waals surface area contributed by atoms with Crippen LogP contribution in [-0.4, -0.2) is 62.3 Å². The summed E-state index contributed by atoms with van der Waals surface area (Å²) in [5.41, 5.74) is -1.21. The molecule has 2 amide bonds. The fourth-order valence-corrected chi connectivity index (χ4v) is 7.14. The molecule has 196 valence electrons. The van der Waals surface area contributed by atoms with E-state index in [1.807, 2.05) is 0 Å². The number of nitrogens with zero attached hydrogens (tertiary/aromatic N) is 3. The molecule has 0 bridgehead atoms. The van der Waals surface area contributed by atoms with E-state index in [1.54, 1.807) is 0 Å². The Morgan fingerprint density at radius 2 is 1.95 bits per heavy atom. The molecule has 1 spiro atoms. The minimum atomic E-state index is -1.41. The number of aromatic hydroxyl groups is 1. The van der Waals surface area contributed by atoms with Crippen molar-refractivity contribution in [3.63, 3.8) is 0 Å². The number of halogens is 3. The van der Waals surface area contributed by atoms with Crippen LogP contribution in [0.4, 0.5) is 8.78 Å². The van der Waals surface area contributed by atoms with Crippen molar-refractivity contribution in [1.82, 2.24) is 14.4 Å². The molecule has 3 heterocycles. The van der Waals surface area contributed by atoms with Crippen LogP contribution >= 0.6 is 11.6 Å². The molecule has 1 aromatic heterocycles. The molecular weight excluding hydrogens is 508 g/mol. The van der Waals surface area contributed by atoms with Crippen LogP contribution in [0.15, 0.2) is 23.0 Å². The number of hydrogen-bond donors (Lipinski definition) is 2. The Morgan fingerprint density at radius 3 is 2.59 bits per heavy atom. The summed E-state index contributed by atoms with van der Waals surface area (Å²) in [6.45, 7) is -1.04. The number of aliphatic hydroxyl groups is 1. The van der Waals surface area contributed by atoms with Gasteiger partial charge in [-0.3, -0.25) is 19.0 Å². The molecular formula is C26H26ClF2N3O5. The molecule has 2 aliphatic carbocycles. The Kier molecular flexibility index (Phi) is 5.61. The highest BCUT2D eigenvalue weighted by Crippen LogP contribution is 2.60. The number of carbonyl (C=O) groups is 2. The molecule has 8 nitrogen and oxygen atoms in total. The number of alkyl halides is 1. The van der Waals surface area contributed by atoms with Crippen LogP contribution in [0.3, 0.4) is 0 Å². The third kappa shape index (κ3) is 3.31. The number of β-amino-alcohol motifs (C(OH)–C–C–N with tert-alkyl or cyclic N) is 1. The van der Waals surface area contributed by atoms with Gasteiger partial charge in [-0.1, -0.05) is 17.7 Å². The lowest BCUT2D eigenvalue weighted by Gasteiger charge is -2.47. The fraction of sp³-hybridized carbons (Fsp3) is 0.500. The highest BCUT2D eigenvalue weighted by Gasteiger charge is 2.63. The SMILES string of the molecule is O=C1c2c(c3n(c(=O)c2O)C2(CCC4CCC42)N(CC(O)CF)C3=O)CCN1Cc1ccc(F)c(Cl)c1. The van der Waals surface area contributed by atoms with Gasteiger partial charge in [0.25, 0.3) is 17.4 Å². The Hall–Kier alpha value is -2.98. The lowest BCUT2D eigenvalue weighted by molar-refractivity contribution is -0.0426. The third-order valence-corrected chi connectivity index (χ3v) is 9.00. The van der Waals surface area contributed by atoms with Gasteiger partial charge in [0.15, 0.2) is 5.75 Å². The van der Waals surface area contributed by atoms with Crippen molar-refractivity contribution in [2.45, 2.75) is 50.4 Å². The molecule has 4 atom stereocenters. The quantitative estimate of drug-likeness (QED) is 0.615. The maximum Gasteiger partial charge on any atom is 0.296 e. The zero-order valence-electron chi connectivity index (χ0n) is 19.9. The molecule has 0 saturated heterocycles. The van der Waals surface area contributed by atoms with Crippen molar-refractivity contribution in [3.05, 3.63) is 61.8 Å². The molecule has 4 aliphatic rings. The maximum atomic E-state index is 13.8. The van der Waals surface area contributed by atoms with E-state index in [2.05, 4.69) is 0 Å². The molecule has 11 heteroatoms. The summed E-state index contributed by atoms with van der Waals surface area (Å²) in [6.07, 6.45) is 1.77. The van der Waals surface area contributed by atoms with E-state index in [0.717, 1.165) is 19.3 Å². The van der Waals surface area contributed by atoms with E-state index in [1.165, 1.54) is 32.6 Å². The normalized spacial score (nSPS) is 26.8. The molecule has 6 rings (SSSR count). The molecule has 4 unspecified atom stereocenters. The number of benzene rings is 1. The molecule has 0 radical (unpaired) electrons. The minimum Gasteiger partial charge on any atom is -0.502 e. The van der Waals surface area contributed by atoms with Crippen molar-refractivity contribution < 1.29 is 28.6 Å². The van der Waals surface area contributed by atoms with Crippen LogP contribution in [0.1, 0.15) is 57.7 Å². The molecule has 2 aliphatic heterocycles. The minimum absolute atomic E-state index is 0.0429. The first-order valence-electron chi connectivity index (χ1n) is 12.5. The largest absolute Gasteiger partial charge is 0.502 e. The van der Waals surface area contributed by atoms with E-state index in [9.17, 15) is 33.4 Å². The summed E-state index contributed by atoms with van der Waals surface area (Å²) in [4.78, 5) is 43.8. The Morgan fingerprint density at radius 1 is 1.16 bits per heavy atom. The summed E-state index contributed by atoms with van der Waals surface area (Å²) in [6, 6.07) is 4.11. The summed E-state index contributed by atoms with van der Waals surface area (Å²) in [5, 5.41) is 21.1. The van der Waals surface area contributed by atoms with Gasteiger partial charge in [-0.25, -0.2) is 8.78 Å².